The van der Waals surface area contributed by atoms with Crippen LogP contribution in [0.15, 0.2) is 22.7 Å². The molecule has 4 N–H and O–H groups in total. The molecule has 21 heavy (non-hydrogen) atoms. The van der Waals surface area contributed by atoms with Gasteiger partial charge in [-0.1, -0.05) is 18.9 Å². The van der Waals surface area contributed by atoms with Crippen molar-refractivity contribution in [1.82, 2.24) is 0 Å². The minimum Gasteiger partial charge on any atom is -0.496 e. The molecule has 0 bridgehead atoms. The third-order valence-corrected chi connectivity index (χ3v) is 5.09. The maximum atomic E-state index is 11.4. The predicted octanol–water partition coefficient (Wildman–Crippen LogP) is 3.28. The third kappa shape index (κ3) is 3.98. The van der Waals surface area contributed by atoms with Gasteiger partial charge < -0.3 is 16.2 Å². The summed E-state index contributed by atoms with van der Waals surface area (Å²) in [6.45, 7) is 0. The molecule has 1 atom stereocenters. The summed E-state index contributed by atoms with van der Waals surface area (Å²) >= 11 is 3.49. The quantitative estimate of drug-likeness (QED) is 0.822. The highest BCUT2D eigenvalue weighted by Gasteiger charge is 2.37. The van der Waals surface area contributed by atoms with E-state index < -0.39 is 0 Å². The lowest BCUT2D eigenvalue weighted by Gasteiger charge is -2.31. The summed E-state index contributed by atoms with van der Waals surface area (Å²) in [7, 11) is 1.64. The van der Waals surface area contributed by atoms with Gasteiger partial charge in [0.15, 0.2) is 0 Å². The summed E-state index contributed by atoms with van der Waals surface area (Å²) < 4.78 is 6.13. The van der Waals surface area contributed by atoms with Crippen molar-refractivity contribution in [1.29, 1.82) is 0 Å². The number of nitrogens with two attached hydrogens (primary N) is 2. The average Bonchev–Trinajstić information content (AvgIpc) is 2.85. The zero-order chi connectivity index (χ0) is 15.5. The summed E-state index contributed by atoms with van der Waals surface area (Å²) in [6.07, 6.45) is 5.65. The van der Waals surface area contributed by atoms with E-state index in [0.717, 1.165) is 47.9 Å². The SMILES string of the molecule is COc1ccc(C(N)CC2(CC(N)=O)CCCC2)cc1Br. The molecule has 116 valence electrons. The second-order valence-corrected chi connectivity index (χ2v) is 6.91. The molecule has 0 heterocycles. The van der Waals surface area contributed by atoms with Crippen molar-refractivity contribution < 1.29 is 9.53 Å². The molecule has 1 fully saturated rings. The summed E-state index contributed by atoms with van der Waals surface area (Å²) in [6, 6.07) is 5.80. The number of benzene rings is 1. The molecule has 0 aromatic heterocycles. The van der Waals surface area contributed by atoms with Crippen LogP contribution < -0.4 is 16.2 Å². The molecule has 1 saturated carbocycles. The van der Waals surface area contributed by atoms with Crippen molar-refractivity contribution in [3.05, 3.63) is 28.2 Å². The van der Waals surface area contributed by atoms with Crippen LogP contribution in [0.1, 0.15) is 50.1 Å². The van der Waals surface area contributed by atoms with Crippen molar-refractivity contribution >= 4 is 21.8 Å². The average molecular weight is 355 g/mol. The Kier molecular flexibility index (Phi) is 5.27. The van der Waals surface area contributed by atoms with Crippen LogP contribution >= 0.6 is 15.9 Å². The minimum atomic E-state index is -0.222. The molecular weight excluding hydrogens is 332 g/mol. The van der Waals surface area contributed by atoms with E-state index >= 15 is 0 Å². The van der Waals surface area contributed by atoms with Crippen LogP contribution in [0.4, 0.5) is 0 Å². The molecule has 2 rings (SSSR count). The zero-order valence-electron chi connectivity index (χ0n) is 12.4. The molecule has 0 radical (unpaired) electrons. The van der Waals surface area contributed by atoms with E-state index in [4.69, 9.17) is 16.2 Å². The number of rotatable bonds is 6. The summed E-state index contributed by atoms with van der Waals surface area (Å²) in [5.41, 5.74) is 12.9. The van der Waals surface area contributed by atoms with Crippen LogP contribution in [0.5, 0.6) is 5.75 Å². The Morgan fingerprint density at radius 2 is 2.10 bits per heavy atom. The van der Waals surface area contributed by atoms with Gasteiger partial charge in [-0.2, -0.15) is 0 Å². The number of hydrogen-bond acceptors (Lipinski definition) is 3. The standard InChI is InChI=1S/C16H23BrN2O2/c1-21-14-5-4-11(8-12(14)17)13(18)9-16(10-15(19)20)6-2-3-7-16/h4-5,8,13H,2-3,6-7,9-10,18H2,1H3,(H2,19,20). The van der Waals surface area contributed by atoms with E-state index in [1.54, 1.807) is 7.11 Å². The van der Waals surface area contributed by atoms with Gasteiger partial charge in [0.1, 0.15) is 5.75 Å². The lowest BCUT2D eigenvalue weighted by atomic mass is 9.76. The largest absolute Gasteiger partial charge is 0.496 e. The fourth-order valence-corrected chi connectivity index (χ4v) is 4.00. The van der Waals surface area contributed by atoms with Gasteiger partial charge in [0, 0.05) is 12.5 Å². The zero-order valence-corrected chi connectivity index (χ0v) is 14.0. The number of ether oxygens (including phenoxy) is 1. The first-order chi connectivity index (χ1) is 9.96. The number of halogens is 1. The first-order valence-electron chi connectivity index (χ1n) is 7.33. The smallest absolute Gasteiger partial charge is 0.217 e. The second-order valence-electron chi connectivity index (χ2n) is 6.05. The van der Waals surface area contributed by atoms with Gasteiger partial charge in [0.05, 0.1) is 11.6 Å². The van der Waals surface area contributed by atoms with Gasteiger partial charge in [-0.05, 0) is 58.3 Å². The van der Waals surface area contributed by atoms with Gasteiger partial charge in [-0.15, -0.1) is 0 Å². The van der Waals surface area contributed by atoms with Gasteiger partial charge in [0.25, 0.3) is 0 Å². The van der Waals surface area contributed by atoms with Crippen molar-refractivity contribution in [2.45, 2.75) is 44.6 Å². The molecule has 5 heteroatoms. The fraction of sp³-hybridized carbons (Fsp3) is 0.562. The van der Waals surface area contributed by atoms with E-state index in [-0.39, 0.29) is 17.4 Å². The molecule has 1 aromatic carbocycles. The molecule has 0 aliphatic heterocycles. The minimum absolute atomic E-state index is 0.0162. The Hall–Kier alpha value is -1.07. The van der Waals surface area contributed by atoms with E-state index in [0.29, 0.717) is 6.42 Å². The highest BCUT2D eigenvalue weighted by atomic mass is 79.9. The number of hydrogen-bond donors (Lipinski definition) is 2. The summed E-state index contributed by atoms with van der Waals surface area (Å²) in [5.74, 6) is 0.568. The van der Waals surface area contributed by atoms with E-state index in [1.165, 1.54) is 0 Å². The summed E-state index contributed by atoms with van der Waals surface area (Å²) in [4.78, 5) is 11.4. The van der Waals surface area contributed by atoms with E-state index in [9.17, 15) is 4.79 Å². The van der Waals surface area contributed by atoms with Crippen LogP contribution in [-0.4, -0.2) is 13.0 Å². The fourth-order valence-electron chi connectivity index (χ4n) is 3.45. The van der Waals surface area contributed by atoms with Gasteiger partial charge >= 0.3 is 0 Å². The van der Waals surface area contributed by atoms with Crippen molar-refractivity contribution in [3.8, 4) is 5.75 Å². The van der Waals surface area contributed by atoms with Gasteiger partial charge in [-0.3, -0.25) is 4.79 Å². The van der Waals surface area contributed by atoms with Crippen LogP contribution in [0.3, 0.4) is 0 Å². The number of primary amides is 1. The Balaban J connectivity index is 2.13. The maximum absolute atomic E-state index is 11.4. The molecule has 0 spiro atoms. The lowest BCUT2D eigenvalue weighted by Crippen LogP contribution is -2.29. The Bertz CT molecular complexity index is 513. The number of amides is 1. The number of carbonyl (C=O) groups is 1. The molecule has 0 saturated heterocycles. The predicted molar refractivity (Wildman–Crippen MR) is 87.0 cm³/mol. The highest BCUT2D eigenvalue weighted by molar-refractivity contribution is 9.10. The molecule has 1 aromatic rings. The monoisotopic (exact) mass is 354 g/mol. The van der Waals surface area contributed by atoms with Crippen LogP contribution in [0.25, 0.3) is 0 Å². The van der Waals surface area contributed by atoms with Crippen LogP contribution in [-0.2, 0) is 4.79 Å². The second kappa shape index (κ2) is 6.79. The van der Waals surface area contributed by atoms with Crippen molar-refractivity contribution in [3.63, 3.8) is 0 Å². The molecular formula is C16H23BrN2O2. The van der Waals surface area contributed by atoms with E-state index in [1.807, 2.05) is 18.2 Å². The van der Waals surface area contributed by atoms with Gasteiger partial charge in [0.2, 0.25) is 5.91 Å². The van der Waals surface area contributed by atoms with Crippen LogP contribution in [0, 0.1) is 5.41 Å². The highest BCUT2D eigenvalue weighted by Crippen LogP contribution is 2.46. The van der Waals surface area contributed by atoms with Crippen molar-refractivity contribution in [2.75, 3.05) is 7.11 Å². The molecule has 1 aliphatic rings. The van der Waals surface area contributed by atoms with Gasteiger partial charge in [-0.25, -0.2) is 0 Å². The van der Waals surface area contributed by atoms with Crippen LogP contribution in [0.2, 0.25) is 0 Å². The molecule has 4 nitrogen and oxygen atoms in total. The number of carbonyl (C=O) groups excluding carboxylic acids is 1. The Morgan fingerprint density at radius 1 is 1.43 bits per heavy atom. The van der Waals surface area contributed by atoms with Crippen molar-refractivity contribution in [2.24, 2.45) is 16.9 Å². The van der Waals surface area contributed by atoms with E-state index in [2.05, 4.69) is 15.9 Å². The number of methoxy groups -OCH3 is 1. The molecule has 1 aliphatic carbocycles. The Morgan fingerprint density at radius 3 is 2.62 bits per heavy atom. The first-order valence-corrected chi connectivity index (χ1v) is 8.12. The normalized spacial score (nSPS) is 18.4. The summed E-state index contributed by atoms with van der Waals surface area (Å²) in [5, 5.41) is 0. The topological polar surface area (TPSA) is 78.3 Å². The third-order valence-electron chi connectivity index (χ3n) is 4.47. The first kappa shape index (κ1) is 16.3. The molecule has 1 unspecified atom stereocenters. The lowest BCUT2D eigenvalue weighted by molar-refractivity contribution is -0.120. The molecule has 1 amide bonds. The maximum Gasteiger partial charge on any atom is 0.217 e. The Labute approximate surface area is 134 Å².